The van der Waals surface area contributed by atoms with Crippen LogP contribution < -0.4 is 5.14 Å². The summed E-state index contributed by atoms with van der Waals surface area (Å²) in [4.78, 5) is 12.0. The lowest BCUT2D eigenvalue weighted by Gasteiger charge is -2.10. The molecule has 0 fully saturated rings. The van der Waals surface area contributed by atoms with Crippen LogP contribution in [0.5, 0.6) is 0 Å². The molecule has 0 radical (unpaired) electrons. The summed E-state index contributed by atoms with van der Waals surface area (Å²) in [5, 5.41) is 9.98. The first kappa shape index (κ1) is 21.3. The van der Waals surface area contributed by atoms with Crippen LogP contribution in [-0.2, 0) is 19.6 Å². The fraction of sp³-hybridized carbons (Fsp3) is 0.158. The molecule has 0 spiro atoms. The molecule has 0 aliphatic rings. The number of primary sulfonamides is 1. The van der Waals surface area contributed by atoms with Gasteiger partial charge in [-0.1, -0.05) is 46.6 Å². The van der Waals surface area contributed by atoms with Crippen LogP contribution >= 0.6 is 23.2 Å². The first-order valence-corrected chi connectivity index (χ1v) is 10.6. The largest absolute Gasteiger partial charge is 0.468 e. The highest BCUT2D eigenvalue weighted by molar-refractivity contribution is 7.89. The van der Waals surface area contributed by atoms with E-state index in [1.807, 2.05) is 0 Å². The van der Waals surface area contributed by atoms with Crippen molar-refractivity contribution in [1.82, 2.24) is 5.16 Å². The highest BCUT2D eigenvalue weighted by Crippen LogP contribution is 2.40. The molecule has 10 heteroatoms. The van der Waals surface area contributed by atoms with Gasteiger partial charge in [-0.2, -0.15) is 0 Å². The Bertz CT molecular complexity index is 1170. The van der Waals surface area contributed by atoms with Gasteiger partial charge in [0.25, 0.3) is 0 Å². The van der Waals surface area contributed by atoms with Gasteiger partial charge in [-0.3, -0.25) is 4.79 Å². The van der Waals surface area contributed by atoms with Crippen LogP contribution in [0, 0.1) is 0 Å². The maximum Gasteiger partial charge on any atom is 0.316 e. The van der Waals surface area contributed by atoms with Gasteiger partial charge in [-0.15, -0.1) is 0 Å². The van der Waals surface area contributed by atoms with Gasteiger partial charge in [0, 0.05) is 5.56 Å². The molecule has 7 nitrogen and oxygen atoms in total. The van der Waals surface area contributed by atoms with Crippen molar-refractivity contribution in [2.75, 3.05) is 7.11 Å². The average molecular weight is 455 g/mol. The van der Waals surface area contributed by atoms with E-state index < -0.39 is 21.9 Å². The van der Waals surface area contributed by atoms with E-state index in [4.69, 9.17) is 37.6 Å². The molecule has 1 unspecified atom stereocenters. The van der Waals surface area contributed by atoms with Crippen LogP contribution in [0.4, 0.5) is 0 Å². The van der Waals surface area contributed by atoms with Gasteiger partial charge in [-0.25, -0.2) is 13.6 Å². The SMILES string of the molecule is COC(=O)C(C)c1onc(-c2ccc(Cl)c(Cl)c2)c1-c1ccc(S(N)(=O)=O)cc1. The third-order valence-electron chi connectivity index (χ3n) is 4.33. The third-order valence-corrected chi connectivity index (χ3v) is 6.00. The molecule has 0 saturated carbocycles. The van der Waals surface area contributed by atoms with Crippen molar-refractivity contribution in [3.05, 3.63) is 58.3 Å². The fourth-order valence-corrected chi connectivity index (χ4v) is 3.63. The molecule has 152 valence electrons. The number of hydrogen-bond donors (Lipinski definition) is 1. The van der Waals surface area contributed by atoms with Crippen LogP contribution in [0.2, 0.25) is 10.0 Å². The topological polar surface area (TPSA) is 112 Å². The van der Waals surface area contributed by atoms with E-state index in [2.05, 4.69) is 5.16 Å². The number of benzene rings is 2. The Morgan fingerprint density at radius 1 is 1.10 bits per heavy atom. The van der Waals surface area contributed by atoms with Gasteiger partial charge in [-0.05, 0) is 36.8 Å². The van der Waals surface area contributed by atoms with E-state index in [-0.39, 0.29) is 10.7 Å². The summed E-state index contributed by atoms with van der Waals surface area (Å²) in [5.74, 6) is -0.998. The van der Waals surface area contributed by atoms with Crippen LogP contribution in [0.1, 0.15) is 18.6 Å². The van der Waals surface area contributed by atoms with E-state index in [0.29, 0.717) is 32.4 Å². The van der Waals surface area contributed by atoms with E-state index in [9.17, 15) is 13.2 Å². The number of nitrogens with two attached hydrogens (primary N) is 1. The first-order valence-electron chi connectivity index (χ1n) is 8.29. The summed E-state index contributed by atoms with van der Waals surface area (Å²) >= 11 is 12.1. The Morgan fingerprint density at radius 2 is 1.72 bits per heavy atom. The summed E-state index contributed by atoms with van der Waals surface area (Å²) in [6.45, 7) is 1.62. The molecule has 0 saturated heterocycles. The van der Waals surface area contributed by atoms with Gasteiger partial charge in [0.1, 0.15) is 11.6 Å². The Morgan fingerprint density at radius 3 is 2.28 bits per heavy atom. The van der Waals surface area contributed by atoms with Crippen molar-refractivity contribution in [2.24, 2.45) is 5.14 Å². The summed E-state index contributed by atoms with van der Waals surface area (Å²) in [5.41, 5.74) is 2.10. The molecule has 2 N–H and O–H groups in total. The minimum atomic E-state index is -3.85. The van der Waals surface area contributed by atoms with Crippen LogP contribution in [0.15, 0.2) is 51.9 Å². The molecule has 1 aromatic heterocycles. The van der Waals surface area contributed by atoms with Crippen molar-refractivity contribution < 1.29 is 22.5 Å². The van der Waals surface area contributed by atoms with Gasteiger partial charge in [0.15, 0.2) is 5.76 Å². The van der Waals surface area contributed by atoms with Crippen molar-refractivity contribution in [3.63, 3.8) is 0 Å². The van der Waals surface area contributed by atoms with Gasteiger partial charge in [0.2, 0.25) is 10.0 Å². The monoisotopic (exact) mass is 454 g/mol. The lowest BCUT2D eigenvalue weighted by Crippen LogP contribution is -2.12. The molecule has 1 heterocycles. The Labute approximate surface area is 177 Å². The predicted octanol–water partition coefficient (Wildman–Crippen LogP) is 4.24. The number of nitrogens with zero attached hydrogens (tertiary/aromatic N) is 1. The molecular weight excluding hydrogens is 439 g/mol. The lowest BCUT2D eigenvalue weighted by molar-refractivity contribution is -0.142. The van der Waals surface area contributed by atoms with Crippen molar-refractivity contribution >= 4 is 39.2 Å². The third kappa shape index (κ3) is 4.30. The molecule has 0 aliphatic heterocycles. The number of carbonyl (C=O) groups excluding carboxylic acids is 1. The van der Waals surface area contributed by atoms with Crippen LogP contribution in [0.3, 0.4) is 0 Å². The quantitative estimate of drug-likeness (QED) is 0.576. The molecule has 1 atom stereocenters. The van der Waals surface area contributed by atoms with E-state index in [1.165, 1.54) is 19.2 Å². The Hall–Kier alpha value is -2.39. The van der Waals surface area contributed by atoms with Crippen LogP contribution in [0.25, 0.3) is 22.4 Å². The number of halogens is 2. The minimum absolute atomic E-state index is 0.0450. The smallest absolute Gasteiger partial charge is 0.316 e. The summed E-state index contributed by atoms with van der Waals surface area (Å²) in [6.07, 6.45) is 0. The molecule has 29 heavy (non-hydrogen) atoms. The molecule has 3 aromatic rings. The summed E-state index contributed by atoms with van der Waals surface area (Å²) < 4.78 is 33.4. The average Bonchev–Trinajstić information content (AvgIpc) is 3.13. The molecule has 2 aromatic carbocycles. The number of aromatic nitrogens is 1. The van der Waals surface area contributed by atoms with E-state index >= 15 is 0 Å². The molecule has 0 aliphatic carbocycles. The number of ether oxygens (including phenoxy) is 1. The molecule has 3 rings (SSSR count). The fourth-order valence-electron chi connectivity index (χ4n) is 2.81. The maximum atomic E-state index is 12.1. The van der Waals surface area contributed by atoms with E-state index in [1.54, 1.807) is 37.3 Å². The Kier molecular flexibility index (Phi) is 6.00. The standard InChI is InChI=1S/C19H16Cl2N2O5S/c1-10(19(24)27-2)18-16(11-3-6-13(7-4-11)29(22,25)26)17(23-28-18)12-5-8-14(20)15(21)9-12/h3-10H,1-2H3,(H2,22,25,26). The van der Waals surface area contributed by atoms with Crippen LogP contribution in [-0.4, -0.2) is 26.7 Å². The number of hydrogen-bond acceptors (Lipinski definition) is 6. The maximum absolute atomic E-state index is 12.1. The number of methoxy groups -OCH3 is 1. The number of sulfonamides is 1. The molecular formula is C19H16Cl2N2O5S. The minimum Gasteiger partial charge on any atom is -0.468 e. The van der Waals surface area contributed by atoms with E-state index in [0.717, 1.165) is 0 Å². The normalized spacial score (nSPS) is 12.6. The zero-order valence-corrected chi connectivity index (χ0v) is 17.7. The second-order valence-electron chi connectivity index (χ2n) is 6.21. The molecule has 0 amide bonds. The zero-order valence-electron chi connectivity index (χ0n) is 15.3. The molecule has 0 bridgehead atoms. The van der Waals surface area contributed by atoms with Crippen molar-refractivity contribution in [2.45, 2.75) is 17.7 Å². The Balaban J connectivity index is 2.22. The number of carbonyl (C=O) groups is 1. The number of esters is 1. The lowest BCUT2D eigenvalue weighted by atomic mass is 9.94. The highest BCUT2D eigenvalue weighted by Gasteiger charge is 2.28. The second kappa shape index (κ2) is 8.16. The van der Waals surface area contributed by atoms with Crippen molar-refractivity contribution in [3.8, 4) is 22.4 Å². The summed E-state index contributed by atoms with van der Waals surface area (Å²) in [6, 6.07) is 10.8. The van der Waals surface area contributed by atoms with Gasteiger partial charge < -0.3 is 9.26 Å². The zero-order chi connectivity index (χ0) is 21.3. The number of rotatable bonds is 5. The first-order chi connectivity index (χ1) is 13.6. The summed E-state index contributed by atoms with van der Waals surface area (Å²) in [7, 11) is -2.58. The van der Waals surface area contributed by atoms with Crippen molar-refractivity contribution in [1.29, 1.82) is 0 Å². The second-order valence-corrected chi connectivity index (χ2v) is 8.59. The van der Waals surface area contributed by atoms with Gasteiger partial charge in [0.05, 0.1) is 27.6 Å². The predicted molar refractivity (Wildman–Crippen MR) is 109 cm³/mol. The van der Waals surface area contributed by atoms with Gasteiger partial charge >= 0.3 is 5.97 Å². The highest BCUT2D eigenvalue weighted by atomic mass is 35.5.